The number of rotatable bonds is 4. The Bertz CT molecular complexity index is 432. The van der Waals surface area contributed by atoms with Gasteiger partial charge in [0.05, 0.1) is 17.7 Å². The maximum atomic E-state index is 8.91. The molecule has 0 aromatic heterocycles. The highest BCUT2D eigenvalue weighted by Gasteiger charge is 2.23. The second-order valence-electron chi connectivity index (χ2n) is 4.97. The third kappa shape index (κ3) is 3.10. The van der Waals surface area contributed by atoms with Crippen LogP contribution in [0, 0.1) is 11.3 Å². The van der Waals surface area contributed by atoms with Crippen LogP contribution in [0.2, 0.25) is 0 Å². The van der Waals surface area contributed by atoms with Crippen molar-refractivity contribution in [3.8, 4) is 6.07 Å². The first-order chi connectivity index (χ1) is 8.70. The number of nitrogens with zero attached hydrogens (tertiary/aromatic N) is 1. The van der Waals surface area contributed by atoms with Crippen LogP contribution in [0.4, 0.5) is 0 Å². The summed E-state index contributed by atoms with van der Waals surface area (Å²) in [5.74, 6) is 0. The fourth-order valence-electron chi connectivity index (χ4n) is 2.47. The highest BCUT2D eigenvalue weighted by atomic mass is 16.5. The highest BCUT2D eigenvalue weighted by molar-refractivity contribution is 5.34. The molecule has 1 N–H and O–H groups in total. The lowest BCUT2D eigenvalue weighted by Crippen LogP contribution is -2.38. The third-order valence-corrected chi connectivity index (χ3v) is 3.55. The number of nitrogens with one attached hydrogen (secondary N) is 1. The quantitative estimate of drug-likeness (QED) is 0.885. The number of ether oxygens (including phenoxy) is 1. The third-order valence-electron chi connectivity index (χ3n) is 3.55. The first-order valence-corrected chi connectivity index (χ1v) is 6.58. The second kappa shape index (κ2) is 5.99. The van der Waals surface area contributed by atoms with Crippen LogP contribution in [-0.2, 0) is 4.74 Å². The zero-order valence-corrected chi connectivity index (χ0v) is 11.0. The van der Waals surface area contributed by atoms with Crippen molar-refractivity contribution in [3.63, 3.8) is 0 Å². The van der Waals surface area contributed by atoms with Crippen molar-refractivity contribution in [2.24, 2.45) is 0 Å². The Balaban J connectivity index is 1.98. The molecular weight excluding hydrogens is 224 g/mol. The first-order valence-electron chi connectivity index (χ1n) is 6.58. The minimum Gasteiger partial charge on any atom is -0.377 e. The summed E-state index contributed by atoms with van der Waals surface area (Å²) in [5.41, 5.74) is 1.87. The largest absolute Gasteiger partial charge is 0.377 e. The van der Waals surface area contributed by atoms with E-state index in [1.54, 1.807) is 0 Å². The van der Waals surface area contributed by atoms with Crippen molar-refractivity contribution in [2.45, 2.75) is 44.9 Å². The van der Waals surface area contributed by atoms with E-state index in [0.29, 0.717) is 17.7 Å². The summed E-state index contributed by atoms with van der Waals surface area (Å²) in [6.45, 7) is 5.18. The van der Waals surface area contributed by atoms with Crippen molar-refractivity contribution in [2.75, 3.05) is 6.61 Å². The van der Waals surface area contributed by atoms with Crippen LogP contribution < -0.4 is 5.32 Å². The Morgan fingerprint density at radius 1 is 1.44 bits per heavy atom. The lowest BCUT2D eigenvalue weighted by molar-refractivity contribution is 0.0804. The fraction of sp³-hybridized carbons (Fsp3) is 0.533. The van der Waals surface area contributed by atoms with Crippen molar-refractivity contribution < 1.29 is 4.74 Å². The van der Waals surface area contributed by atoms with Crippen LogP contribution in [0.1, 0.15) is 43.9 Å². The Hall–Kier alpha value is -1.37. The molecular formula is C15H20N2O. The van der Waals surface area contributed by atoms with Gasteiger partial charge in [0.25, 0.3) is 0 Å². The molecule has 1 aromatic carbocycles. The lowest BCUT2D eigenvalue weighted by atomic mass is 10.0. The van der Waals surface area contributed by atoms with Gasteiger partial charge in [0.1, 0.15) is 0 Å². The zero-order chi connectivity index (χ0) is 13.0. The lowest BCUT2D eigenvalue weighted by Gasteiger charge is -2.24. The van der Waals surface area contributed by atoms with E-state index in [9.17, 15) is 0 Å². The van der Waals surface area contributed by atoms with E-state index < -0.39 is 0 Å². The van der Waals surface area contributed by atoms with Crippen molar-refractivity contribution in [1.82, 2.24) is 5.32 Å². The summed E-state index contributed by atoms with van der Waals surface area (Å²) < 4.78 is 5.68. The van der Waals surface area contributed by atoms with E-state index in [2.05, 4.69) is 31.3 Å². The van der Waals surface area contributed by atoms with Gasteiger partial charge in [-0.25, -0.2) is 0 Å². The van der Waals surface area contributed by atoms with E-state index in [1.165, 1.54) is 0 Å². The number of nitriles is 1. The molecule has 2 rings (SSSR count). The molecule has 3 heteroatoms. The first kappa shape index (κ1) is 13.1. The van der Waals surface area contributed by atoms with Crippen LogP contribution >= 0.6 is 0 Å². The molecule has 1 aromatic rings. The van der Waals surface area contributed by atoms with Gasteiger partial charge in [-0.05, 0) is 44.4 Å². The fourth-order valence-corrected chi connectivity index (χ4v) is 2.47. The maximum absolute atomic E-state index is 8.91. The van der Waals surface area contributed by atoms with Crippen LogP contribution in [0.25, 0.3) is 0 Å². The Kier molecular flexibility index (Phi) is 4.35. The number of hydrogen-bond acceptors (Lipinski definition) is 3. The van der Waals surface area contributed by atoms with Gasteiger partial charge in [-0.1, -0.05) is 12.1 Å². The van der Waals surface area contributed by atoms with Gasteiger partial charge in [-0.15, -0.1) is 0 Å². The van der Waals surface area contributed by atoms with E-state index in [0.717, 1.165) is 25.0 Å². The molecule has 18 heavy (non-hydrogen) atoms. The molecule has 0 amide bonds. The monoisotopic (exact) mass is 244 g/mol. The SMILES string of the molecule is CC(NC(C)C1CCCO1)c1cccc(C#N)c1. The van der Waals surface area contributed by atoms with E-state index in [-0.39, 0.29) is 6.04 Å². The van der Waals surface area contributed by atoms with Crippen molar-refractivity contribution in [1.29, 1.82) is 5.26 Å². The molecule has 1 heterocycles. The molecule has 1 aliphatic heterocycles. The minimum atomic E-state index is 0.234. The molecule has 0 aliphatic carbocycles. The van der Waals surface area contributed by atoms with Gasteiger partial charge in [0.2, 0.25) is 0 Å². The predicted molar refractivity (Wildman–Crippen MR) is 71.1 cm³/mol. The summed E-state index contributed by atoms with van der Waals surface area (Å²) in [6.07, 6.45) is 2.63. The maximum Gasteiger partial charge on any atom is 0.0991 e. The molecule has 0 saturated carbocycles. The molecule has 1 fully saturated rings. The standard InChI is InChI=1S/C15H20N2O/c1-11(14-6-3-5-13(9-14)10-16)17-12(2)15-7-4-8-18-15/h3,5-6,9,11-12,15,17H,4,7-8H2,1-2H3. The highest BCUT2D eigenvalue weighted by Crippen LogP contribution is 2.19. The number of benzene rings is 1. The van der Waals surface area contributed by atoms with E-state index >= 15 is 0 Å². The molecule has 0 radical (unpaired) electrons. The smallest absolute Gasteiger partial charge is 0.0991 e. The summed E-state index contributed by atoms with van der Waals surface area (Å²) in [6, 6.07) is 10.5. The molecule has 1 saturated heterocycles. The van der Waals surface area contributed by atoms with Gasteiger partial charge in [0.15, 0.2) is 0 Å². The van der Waals surface area contributed by atoms with Crippen molar-refractivity contribution in [3.05, 3.63) is 35.4 Å². The van der Waals surface area contributed by atoms with Crippen LogP contribution in [0.5, 0.6) is 0 Å². The minimum absolute atomic E-state index is 0.234. The van der Waals surface area contributed by atoms with Crippen LogP contribution in [-0.4, -0.2) is 18.8 Å². The molecule has 0 spiro atoms. The Labute approximate surface area is 109 Å². The topological polar surface area (TPSA) is 45.0 Å². The predicted octanol–water partition coefficient (Wildman–Crippen LogP) is 2.78. The molecule has 1 aliphatic rings. The average Bonchev–Trinajstić information content (AvgIpc) is 2.92. The number of hydrogen-bond donors (Lipinski definition) is 1. The Morgan fingerprint density at radius 3 is 2.94 bits per heavy atom. The average molecular weight is 244 g/mol. The zero-order valence-electron chi connectivity index (χ0n) is 11.0. The molecule has 3 unspecified atom stereocenters. The molecule has 96 valence electrons. The van der Waals surface area contributed by atoms with Crippen LogP contribution in [0.15, 0.2) is 24.3 Å². The van der Waals surface area contributed by atoms with Gasteiger partial charge in [0, 0.05) is 18.7 Å². The molecule has 3 atom stereocenters. The molecule has 0 bridgehead atoms. The normalized spacial score (nSPS) is 22.4. The van der Waals surface area contributed by atoms with Gasteiger partial charge >= 0.3 is 0 Å². The second-order valence-corrected chi connectivity index (χ2v) is 4.97. The summed E-state index contributed by atoms with van der Waals surface area (Å²) >= 11 is 0. The van der Waals surface area contributed by atoms with Crippen LogP contribution in [0.3, 0.4) is 0 Å². The summed E-state index contributed by atoms with van der Waals surface area (Å²) in [4.78, 5) is 0. The van der Waals surface area contributed by atoms with E-state index in [4.69, 9.17) is 10.00 Å². The van der Waals surface area contributed by atoms with Gasteiger partial charge < -0.3 is 10.1 Å². The Morgan fingerprint density at radius 2 is 2.28 bits per heavy atom. The van der Waals surface area contributed by atoms with Crippen molar-refractivity contribution >= 4 is 0 Å². The van der Waals surface area contributed by atoms with Gasteiger partial charge in [-0.3, -0.25) is 0 Å². The van der Waals surface area contributed by atoms with Gasteiger partial charge in [-0.2, -0.15) is 5.26 Å². The van der Waals surface area contributed by atoms with E-state index in [1.807, 2.05) is 18.2 Å². The summed E-state index contributed by atoms with van der Waals surface area (Å²) in [5, 5.41) is 12.5. The molecule has 3 nitrogen and oxygen atoms in total. The summed E-state index contributed by atoms with van der Waals surface area (Å²) in [7, 11) is 0.